The van der Waals surface area contributed by atoms with Crippen LogP contribution in [0.2, 0.25) is 0 Å². The van der Waals surface area contributed by atoms with Crippen LogP contribution in [0.15, 0.2) is 261 Å². The normalized spacial score (nSPS) is 16.2. The first kappa shape index (κ1) is 30.7. The topological polar surface area (TPSA) is 35.9 Å². The van der Waals surface area contributed by atoms with E-state index in [0.717, 1.165) is 33.2 Å². The number of para-hydroxylation sites is 3. The summed E-state index contributed by atoms with van der Waals surface area (Å²) < 4.78 is 225. The van der Waals surface area contributed by atoms with E-state index >= 15 is 0 Å². The smallest absolute Gasteiger partial charge is 0.255 e. The van der Waals surface area contributed by atoms with Crippen LogP contribution in [-0.2, 0) is 10.8 Å². The maximum Gasteiger partial charge on any atom is 0.255 e. The fourth-order valence-corrected chi connectivity index (χ4v) is 14.8. The fourth-order valence-electron chi connectivity index (χ4n) is 11.2. The molecular weight excluding hydrogens is 989 g/mol. The molecule has 0 aliphatic carbocycles. The van der Waals surface area contributed by atoms with Crippen molar-refractivity contribution in [3.63, 3.8) is 0 Å². The molecule has 0 unspecified atom stereocenters. The number of fused-ring (bicyclic) bond motifs is 10. The first-order valence-electron chi connectivity index (χ1n) is 37.0. The van der Waals surface area contributed by atoms with E-state index in [1.54, 1.807) is 53.4 Å². The molecule has 10 aromatic carbocycles. The lowest BCUT2D eigenvalue weighted by Crippen LogP contribution is -2.74. The Labute approximate surface area is 500 Å². The Balaban J connectivity index is 1.12. The monoisotopic (exact) mass is 1070 g/mol. The van der Waals surface area contributed by atoms with Crippen molar-refractivity contribution in [3.05, 3.63) is 272 Å². The van der Waals surface area contributed by atoms with Crippen LogP contribution in [-0.4, -0.2) is 22.2 Å². The average molecular weight is 1070 g/mol. The molecule has 3 aromatic heterocycles. The zero-order valence-electron chi connectivity index (χ0n) is 66.3. The second-order valence-electron chi connectivity index (χ2n) is 21.8. The van der Waals surface area contributed by atoms with Gasteiger partial charge in [-0.25, -0.2) is 4.98 Å². The predicted molar refractivity (Wildman–Crippen MR) is 334 cm³/mol. The van der Waals surface area contributed by atoms with E-state index in [-0.39, 0.29) is 27.8 Å². The van der Waals surface area contributed by atoms with Crippen molar-refractivity contribution in [2.75, 3.05) is 0 Å². The van der Waals surface area contributed by atoms with Crippen LogP contribution in [0, 0.1) is 0 Å². The third kappa shape index (κ3) is 7.96. The summed E-state index contributed by atoms with van der Waals surface area (Å²) in [5, 5.41) is -1.91. The molecular formula is C74H61N4OSi+. The summed E-state index contributed by atoms with van der Waals surface area (Å²) in [5.41, 5.74) is 2.59. The molecule has 0 amide bonds. The third-order valence-electron chi connectivity index (χ3n) is 14.9. The van der Waals surface area contributed by atoms with Gasteiger partial charge >= 0.3 is 0 Å². The Morgan fingerprint density at radius 3 is 1.77 bits per heavy atom. The summed E-state index contributed by atoms with van der Waals surface area (Å²) in [5.74, 6) is 1.62. The highest BCUT2D eigenvalue weighted by Crippen LogP contribution is 2.45. The molecule has 0 fully saturated rings. The number of aromatic nitrogens is 4. The molecule has 0 bridgehead atoms. The minimum atomic E-state index is -6.36. The molecule has 4 heterocycles. The maximum atomic E-state index is 11.3. The van der Waals surface area contributed by atoms with Crippen LogP contribution in [0.4, 0.5) is 0 Å². The van der Waals surface area contributed by atoms with Gasteiger partial charge in [0.25, 0.3) is 6.33 Å². The lowest BCUT2D eigenvalue weighted by atomic mass is 9.82. The van der Waals surface area contributed by atoms with Crippen molar-refractivity contribution < 1.29 is 39.5 Å². The largest absolute Gasteiger partial charge is 0.457 e. The van der Waals surface area contributed by atoms with E-state index in [2.05, 4.69) is 37.5 Å². The number of ether oxygens (including phenoxy) is 1. The minimum absolute atomic E-state index is 0.00703. The van der Waals surface area contributed by atoms with Gasteiger partial charge in [-0.1, -0.05) is 223 Å². The summed E-state index contributed by atoms with van der Waals surface area (Å²) in [4.78, 5) is 4.86. The van der Waals surface area contributed by atoms with E-state index in [0.29, 0.717) is 33.8 Å². The predicted octanol–water partition coefficient (Wildman–Crippen LogP) is 15.5. The molecule has 0 saturated carbocycles. The SMILES string of the molecule is [2H]c1c([2H])c([2H])c([Si](c2c([2H])c([2H])c([2H])c([2H])c2[2H])(c2c([2H])c([2H])c([2H])c([2H])c2[2H])c2c([2H])c([2H])c3c(c2[2H])-c2cccc(C(C)(C)C)c2-[n+]2cn(-c4cccc(Oc5ccc6c7ccccc7n(-c7cc(C(C)(C)C)ccn7)c6c5)c4)c4cccc(c42)-c2c([2H])c([2H])c([2H])c([2H])c2-3)c([2H])c1[2H]. The maximum absolute atomic E-state index is 11.3. The van der Waals surface area contributed by atoms with E-state index in [4.69, 9.17) is 13.8 Å². The average Bonchev–Trinajstić information content (AvgIpc) is 0.844. The number of rotatable bonds is 8. The highest BCUT2D eigenvalue weighted by molar-refractivity contribution is 7.20. The first-order valence-corrected chi connectivity index (χ1v) is 28.0. The number of benzene rings is 10. The summed E-state index contributed by atoms with van der Waals surface area (Å²) in [7, 11) is -6.36. The molecule has 386 valence electrons. The van der Waals surface area contributed by atoms with Gasteiger partial charge < -0.3 is 4.74 Å². The van der Waals surface area contributed by atoms with E-state index in [9.17, 15) is 26.0 Å². The lowest BCUT2D eigenvalue weighted by molar-refractivity contribution is -0.567. The molecule has 6 heteroatoms. The Morgan fingerprint density at radius 2 is 1.07 bits per heavy atom. The summed E-state index contributed by atoms with van der Waals surface area (Å²) in [6.45, 7) is 12.2. The van der Waals surface area contributed by atoms with Crippen molar-refractivity contribution in [2.24, 2.45) is 0 Å². The Kier molecular flexibility index (Phi) is 7.26. The fraction of sp³-hybridized carbons (Fsp3) is 0.108. The van der Waals surface area contributed by atoms with Crippen LogP contribution in [0.1, 0.15) is 82.8 Å². The molecule has 0 radical (unpaired) electrons. The molecule has 5 nitrogen and oxygen atoms in total. The van der Waals surface area contributed by atoms with Crippen molar-refractivity contribution in [1.82, 2.24) is 14.1 Å². The Morgan fingerprint density at radius 1 is 0.475 bits per heavy atom. The Hall–Kier alpha value is -9.36. The van der Waals surface area contributed by atoms with Crippen molar-refractivity contribution in [2.45, 2.75) is 52.4 Å². The Bertz CT molecular complexity index is 5640. The van der Waals surface area contributed by atoms with Crippen molar-refractivity contribution in [3.8, 4) is 62.1 Å². The third-order valence-corrected chi connectivity index (χ3v) is 18.9. The van der Waals surface area contributed by atoms with Gasteiger partial charge in [0.05, 0.1) is 41.2 Å². The minimum Gasteiger partial charge on any atom is -0.457 e. The van der Waals surface area contributed by atoms with Crippen molar-refractivity contribution in [1.29, 1.82) is 0 Å². The van der Waals surface area contributed by atoms with E-state index in [1.165, 1.54) is 0 Å². The molecule has 0 saturated heterocycles. The molecule has 14 rings (SSSR count). The quantitative estimate of drug-likeness (QED) is 0.0864. The molecule has 1 aliphatic heterocycles. The van der Waals surface area contributed by atoms with Gasteiger partial charge in [0, 0.05) is 45.8 Å². The zero-order valence-corrected chi connectivity index (χ0v) is 45.3. The lowest BCUT2D eigenvalue weighted by Gasteiger charge is -2.35. The molecule has 0 atom stereocenters. The first-order chi connectivity index (χ1) is 48.1. The number of nitrogens with zero attached hydrogens (tertiary/aromatic N) is 4. The highest BCUT2D eigenvalue weighted by Gasteiger charge is 2.42. The van der Waals surface area contributed by atoms with Crippen molar-refractivity contribution >= 4 is 61.7 Å². The number of hydrogen-bond donors (Lipinski definition) is 0. The van der Waals surface area contributed by atoms with Gasteiger partial charge in [0.15, 0.2) is 19.1 Å². The van der Waals surface area contributed by atoms with E-state index in [1.807, 2.05) is 92.2 Å². The summed E-state index contributed by atoms with van der Waals surface area (Å²) >= 11 is 0. The van der Waals surface area contributed by atoms with Crippen LogP contribution < -0.4 is 30.1 Å². The van der Waals surface area contributed by atoms with Gasteiger partial charge in [-0.2, -0.15) is 9.13 Å². The summed E-state index contributed by atoms with van der Waals surface area (Å²) in [6, 6.07) is 13.1. The molecule has 0 N–H and O–H groups in total. The van der Waals surface area contributed by atoms with Gasteiger partial charge in [0.1, 0.15) is 28.7 Å². The van der Waals surface area contributed by atoms with Gasteiger partial charge in [-0.3, -0.25) is 4.57 Å². The highest BCUT2D eigenvalue weighted by atomic mass is 28.3. The van der Waals surface area contributed by atoms with Gasteiger partial charge in [-0.05, 0) is 114 Å². The second-order valence-corrected chi connectivity index (χ2v) is 25.3. The molecule has 1 aliphatic rings. The molecule has 0 spiro atoms. The van der Waals surface area contributed by atoms with Gasteiger partial charge in [-0.15, -0.1) is 0 Å². The van der Waals surface area contributed by atoms with Crippen LogP contribution in [0.5, 0.6) is 11.5 Å². The van der Waals surface area contributed by atoms with Gasteiger partial charge in [0.2, 0.25) is 0 Å². The van der Waals surface area contributed by atoms with Crippen LogP contribution >= 0.6 is 0 Å². The summed E-state index contributed by atoms with van der Waals surface area (Å²) in [6.07, 6.45) is 3.56. The molecule has 13 aromatic rings. The van der Waals surface area contributed by atoms with E-state index < -0.39 is 184 Å². The number of imidazole rings is 1. The number of hydrogen-bond acceptors (Lipinski definition) is 2. The van der Waals surface area contributed by atoms with Crippen LogP contribution in [0.3, 0.4) is 0 Å². The zero-order chi connectivity index (χ0) is 73.5. The standard InChI is InChI=1S/C74H61N4OSi/c1-73(2,3)50-43-44-75-70(45-50)78-67-37-19-18-33-61(67)62-41-39-53(47-69(62)78)79-52-24-20-23-51(46-52)76-49-77-71-64(34-21-36-66(71)74(4,5)6)65-48-57(40-42-60(65)58-31-16-17-32-59(58)63-35-22-38-68(76)72(63)77)80(54-25-10-7-11-26-54,55-27-12-8-13-28-55)56-29-14-9-15-30-56/h7-49H,1-6H3/q+1/i7D,8D,9D,10D,11D,12D,13D,14D,15D,16D,17D,25D,26D,27D,28D,29D,30D,31D,32D,40D,42D,48D. The molecule has 80 heavy (non-hydrogen) atoms. The second kappa shape index (κ2) is 18.9. The number of pyridine rings is 1. The van der Waals surface area contributed by atoms with Crippen LogP contribution in [0.25, 0.3) is 83.4 Å².